The van der Waals surface area contributed by atoms with E-state index in [2.05, 4.69) is 45.1 Å². The fourth-order valence-corrected chi connectivity index (χ4v) is 1.88. The van der Waals surface area contributed by atoms with Crippen LogP contribution in [0.4, 0.5) is 0 Å². The van der Waals surface area contributed by atoms with Crippen LogP contribution in [0.2, 0.25) is 0 Å². The molecule has 1 aromatic rings. The van der Waals surface area contributed by atoms with E-state index in [1.165, 1.54) is 5.56 Å². The Labute approximate surface area is 123 Å². The first-order chi connectivity index (χ1) is 9.58. The summed E-state index contributed by atoms with van der Waals surface area (Å²) in [4.78, 5) is 0. The van der Waals surface area contributed by atoms with E-state index in [0.29, 0.717) is 12.5 Å². The predicted octanol–water partition coefficient (Wildman–Crippen LogP) is 3.76. The third-order valence-corrected chi connectivity index (χ3v) is 3.54. The van der Waals surface area contributed by atoms with Crippen molar-refractivity contribution in [3.63, 3.8) is 0 Å². The Kier molecular flexibility index (Phi) is 7.63. The van der Waals surface area contributed by atoms with Gasteiger partial charge in [-0.15, -0.1) is 0 Å². The number of hydrogen-bond donors (Lipinski definition) is 1. The molecular weight excluding hydrogens is 250 g/mol. The Hall–Kier alpha value is -1.06. The van der Waals surface area contributed by atoms with E-state index in [9.17, 15) is 0 Å². The molecule has 1 atom stereocenters. The Balaban J connectivity index is 2.68. The zero-order valence-corrected chi connectivity index (χ0v) is 13.5. The molecule has 0 aromatic heterocycles. The van der Waals surface area contributed by atoms with Crippen molar-refractivity contribution < 1.29 is 9.47 Å². The molecule has 0 aliphatic carbocycles. The van der Waals surface area contributed by atoms with Crippen LogP contribution in [0.25, 0.3) is 0 Å². The summed E-state index contributed by atoms with van der Waals surface area (Å²) in [5.41, 5.74) is 2.39. The van der Waals surface area contributed by atoms with Crippen molar-refractivity contribution >= 4 is 0 Å². The van der Waals surface area contributed by atoms with Gasteiger partial charge in [0.2, 0.25) is 0 Å². The average Bonchev–Trinajstić information content (AvgIpc) is 2.45. The Morgan fingerprint density at radius 1 is 1.20 bits per heavy atom. The zero-order chi connectivity index (χ0) is 15.0. The Morgan fingerprint density at radius 2 is 1.95 bits per heavy atom. The summed E-state index contributed by atoms with van der Waals surface area (Å²) < 4.78 is 11.3. The van der Waals surface area contributed by atoms with Crippen molar-refractivity contribution in [1.82, 2.24) is 5.32 Å². The fourth-order valence-electron chi connectivity index (χ4n) is 1.88. The quantitative estimate of drug-likeness (QED) is 0.698. The van der Waals surface area contributed by atoms with Crippen LogP contribution in [0, 0.1) is 5.92 Å². The molecule has 114 valence electrons. The lowest BCUT2D eigenvalue weighted by atomic mass is 10.1. The van der Waals surface area contributed by atoms with Crippen LogP contribution in [0.15, 0.2) is 18.2 Å². The van der Waals surface area contributed by atoms with Crippen LogP contribution >= 0.6 is 0 Å². The summed E-state index contributed by atoms with van der Waals surface area (Å²) in [5.74, 6) is 1.43. The highest BCUT2D eigenvalue weighted by molar-refractivity contribution is 5.36. The number of hydrogen-bond acceptors (Lipinski definition) is 3. The van der Waals surface area contributed by atoms with E-state index < -0.39 is 0 Å². The van der Waals surface area contributed by atoms with Gasteiger partial charge < -0.3 is 14.8 Å². The molecule has 1 aromatic carbocycles. The van der Waals surface area contributed by atoms with E-state index in [1.54, 1.807) is 7.11 Å². The number of nitrogens with one attached hydrogen (secondary N) is 1. The fraction of sp³-hybridized carbons (Fsp3) is 0.647. The molecule has 0 bridgehead atoms. The SMILES string of the molecule is CCCNCc1ccc(OC)c(COC(C)C(C)C)c1. The highest BCUT2D eigenvalue weighted by Gasteiger charge is 2.10. The van der Waals surface area contributed by atoms with Crippen molar-refractivity contribution in [3.05, 3.63) is 29.3 Å². The van der Waals surface area contributed by atoms with Gasteiger partial charge in [0.1, 0.15) is 5.75 Å². The monoisotopic (exact) mass is 279 g/mol. The van der Waals surface area contributed by atoms with Crippen molar-refractivity contribution in [2.24, 2.45) is 5.92 Å². The molecular formula is C17H29NO2. The lowest BCUT2D eigenvalue weighted by Crippen LogP contribution is -2.16. The van der Waals surface area contributed by atoms with E-state index in [4.69, 9.17) is 9.47 Å². The van der Waals surface area contributed by atoms with E-state index in [1.807, 2.05) is 6.07 Å². The molecule has 0 fully saturated rings. The van der Waals surface area contributed by atoms with Gasteiger partial charge in [0.05, 0.1) is 19.8 Å². The normalized spacial score (nSPS) is 12.7. The summed E-state index contributed by atoms with van der Waals surface area (Å²) >= 11 is 0. The zero-order valence-electron chi connectivity index (χ0n) is 13.5. The van der Waals surface area contributed by atoms with E-state index in [0.717, 1.165) is 30.8 Å². The van der Waals surface area contributed by atoms with Crippen molar-refractivity contribution in [2.75, 3.05) is 13.7 Å². The summed E-state index contributed by atoms with van der Waals surface area (Å²) in [6.45, 7) is 11.2. The van der Waals surface area contributed by atoms with Gasteiger partial charge in [-0.1, -0.05) is 26.8 Å². The molecule has 0 aliphatic heterocycles. The minimum atomic E-state index is 0.251. The first-order valence-corrected chi connectivity index (χ1v) is 7.56. The van der Waals surface area contributed by atoms with Gasteiger partial charge in [-0.05, 0) is 43.5 Å². The van der Waals surface area contributed by atoms with Crippen molar-refractivity contribution in [1.29, 1.82) is 0 Å². The van der Waals surface area contributed by atoms with Crippen LogP contribution < -0.4 is 10.1 Å². The van der Waals surface area contributed by atoms with Gasteiger partial charge >= 0.3 is 0 Å². The van der Waals surface area contributed by atoms with Crippen molar-refractivity contribution in [3.8, 4) is 5.75 Å². The highest BCUT2D eigenvalue weighted by atomic mass is 16.5. The number of benzene rings is 1. The highest BCUT2D eigenvalue weighted by Crippen LogP contribution is 2.22. The molecule has 0 spiro atoms. The maximum atomic E-state index is 5.91. The summed E-state index contributed by atoms with van der Waals surface area (Å²) in [5, 5.41) is 3.42. The molecule has 0 aliphatic rings. The van der Waals surface area contributed by atoms with Gasteiger partial charge in [0.25, 0.3) is 0 Å². The lowest BCUT2D eigenvalue weighted by Gasteiger charge is -2.18. The van der Waals surface area contributed by atoms with Gasteiger partial charge in [0.15, 0.2) is 0 Å². The van der Waals surface area contributed by atoms with Crippen molar-refractivity contribution in [2.45, 2.75) is 53.4 Å². The van der Waals surface area contributed by atoms with Crippen LogP contribution in [-0.2, 0) is 17.9 Å². The first-order valence-electron chi connectivity index (χ1n) is 7.56. The molecule has 0 heterocycles. The smallest absolute Gasteiger partial charge is 0.124 e. The maximum absolute atomic E-state index is 5.91. The van der Waals surface area contributed by atoms with Gasteiger partial charge in [-0.2, -0.15) is 0 Å². The minimum absolute atomic E-state index is 0.251. The molecule has 0 saturated heterocycles. The summed E-state index contributed by atoms with van der Waals surface area (Å²) in [6.07, 6.45) is 1.40. The van der Waals surface area contributed by atoms with Gasteiger partial charge in [-0.3, -0.25) is 0 Å². The summed E-state index contributed by atoms with van der Waals surface area (Å²) in [6, 6.07) is 6.31. The van der Waals surface area contributed by atoms with Crippen LogP contribution in [0.5, 0.6) is 5.75 Å². The minimum Gasteiger partial charge on any atom is -0.496 e. The third kappa shape index (κ3) is 5.51. The molecule has 0 amide bonds. The Morgan fingerprint density at radius 3 is 2.55 bits per heavy atom. The van der Waals surface area contributed by atoms with E-state index in [-0.39, 0.29) is 6.10 Å². The number of methoxy groups -OCH3 is 1. The maximum Gasteiger partial charge on any atom is 0.124 e. The number of ether oxygens (including phenoxy) is 2. The molecule has 20 heavy (non-hydrogen) atoms. The summed E-state index contributed by atoms with van der Waals surface area (Å²) in [7, 11) is 1.71. The standard InChI is InChI=1S/C17H29NO2/c1-6-9-18-11-15-7-8-17(19-5)16(10-15)12-20-14(4)13(2)3/h7-8,10,13-14,18H,6,9,11-12H2,1-5H3. The molecule has 1 unspecified atom stereocenters. The lowest BCUT2D eigenvalue weighted by molar-refractivity contribution is 0.0226. The third-order valence-electron chi connectivity index (χ3n) is 3.54. The second-order valence-corrected chi connectivity index (χ2v) is 5.58. The average molecular weight is 279 g/mol. The van der Waals surface area contributed by atoms with Gasteiger partial charge in [-0.25, -0.2) is 0 Å². The van der Waals surface area contributed by atoms with Crippen LogP contribution in [0.3, 0.4) is 0 Å². The topological polar surface area (TPSA) is 30.5 Å². The predicted molar refractivity (Wildman–Crippen MR) is 84.1 cm³/mol. The first kappa shape index (κ1) is 17.0. The van der Waals surface area contributed by atoms with E-state index >= 15 is 0 Å². The molecule has 0 saturated carbocycles. The second-order valence-electron chi connectivity index (χ2n) is 5.58. The van der Waals surface area contributed by atoms with Crippen LogP contribution in [0.1, 0.15) is 45.2 Å². The molecule has 3 heteroatoms. The van der Waals surface area contributed by atoms with Gasteiger partial charge in [0, 0.05) is 12.1 Å². The Bertz CT molecular complexity index is 391. The molecule has 0 radical (unpaired) electrons. The number of rotatable bonds is 9. The van der Waals surface area contributed by atoms with Crippen LogP contribution in [-0.4, -0.2) is 19.8 Å². The molecule has 1 N–H and O–H groups in total. The largest absolute Gasteiger partial charge is 0.496 e. The second kappa shape index (κ2) is 8.98. The molecule has 1 rings (SSSR count). The molecule has 3 nitrogen and oxygen atoms in total.